The zero-order valence-electron chi connectivity index (χ0n) is 10.2. The van der Waals surface area contributed by atoms with Crippen molar-refractivity contribution < 1.29 is 14.8 Å². The number of non-ortho nitro benzene ring substituents is 1. The van der Waals surface area contributed by atoms with E-state index in [1.54, 1.807) is 12.1 Å². The Bertz CT molecular complexity index is 442. The van der Waals surface area contributed by atoms with Gasteiger partial charge in [-0.3, -0.25) is 10.1 Å². The highest BCUT2D eigenvalue weighted by molar-refractivity contribution is 5.58. The minimum Gasteiger partial charge on any atom is -0.496 e. The highest BCUT2D eigenvalue weighted by Gasteiger charge is 2.20. The van der Waals surface area contributed by atoms with Crippen molar-refractivity contribution in [3.63, 3.8) is 0 Å². The van der Waals surface area contributed by atoms with Gasteiger partial charge in [-0.05, 0) is 12.8 Å². The largest absolute Gasteiger partial charge is 0.496 e. The number of ether oxygens (including phenoxy) is 1. The number of hydrogen-bond acceptors (Lipinski definition) is 5. The first-order valence-electron chi connectivity index (χ1n) is 5.86. The van der Waals surface area contributed by atoms with E-state index in [1.807, 2.05) is 4.90 Å². The van der Waals surface area contributed by atoms with Crippen LogP contribution in [0.3, 0.4) is 0 Å². The number of aliphatic hydroxyl groups is 1. The number of piperidine rings is 1. The Kier molecular flexibility index (Phi) is 3.66. The zero-order valence-corrected chi connectivity index (χ0v) is 10.2. The number of aliphatic hydroxyl groups excluding tert-OH is 1. The summed E-state index contributed by atoms with van der Waals surface area (Å²) in [6, 6.07) is 4.73. The number of nitrogens with zero attached hydrogens (tertiary/aromatic N) is 2. The lowest BCUT2D eigenvalue weighted by atomic mass is 10.1. The van der Waals surface area contributed by atoms with Gasteiger partial charge in [0.25, 0.3) is 5.69 Å². The maximum Gasteiger partial charge on any atom is 0.275 e. The van der Waals surface area contributed by atoms with Crippen molar-refractivity contribution in [1.82, 2.24) is 0 Å². The SMILES string of the molecule is COc1cc(N2CCC(O)CC2)cc([N+](=O)[O-])c1. The third kappa shape index (κ3) is 2.70. The van der Waals surface area contributed by atoms with Crippen LogP contribution in [0.25, 0.3) is 0 Å². The van der Waals surface area contributed by atoms with E-state index >= 15 is 0 Å². The Hall–Kier alpha value is -1.82. The summed E-state index contributed by atoms with van der Waals surface area (Å²) in [4.78, 5) is 12.5. The second kappa shape index (κ2) is 5.22. The van der Waals surface area contributed by atoms with Gasteiger partial charge in [0, 0.05) is 30.9 Å². The summed E-state index contributed by atoms with van der Waals surface area (Å²) >= 11 is 0. The lowest BCUT2D eigenvalue weighted by Gasteiger charge is -2.31. The van der Waals surface area contributed by atoms with Crippen LogP contribution < -0.4 is 9.64 Å². The zero-order chi connectivity index (χ0) is 13.1. The van der Waals surface area contributed by atoms with E-state index in [4.69, 9.17) is 4.74 Å². The molecule has 6 heteroatoms. The summed E-state index contributed by atoms with van der Waals surface area (Å²) in [6.07, 6.45) is 1.11. The predicted molar refractivity (Wildman–Crippen MR) is 67.1 cm³/mol. The van der Waals surface area contributed by atoms with Crippen LogP contribution in [0.5, 0.6) is 5.75 Å². The number of benzene rings is 1. The maximum absolute atomic E-state index is 10.8. The van der Waals surface area contributed by atoms with Crippen molar-refractivity contribution in [2.24, 2.45) is 0 Å². The van der Waals surface area contributed by atoms with Gasteiger partial charge in [0.2, 0.25) is 0 Å². The topological polar surface area (TPSA) is 75.8 Å². The monoisotopic (exact) mass is 252 g/mol. The van der Waals surface area contributed by atoms with Crippen LogP contribution in [-0.4, -0.2) is 36.3 Å². The molecule has 1 aliphatic heterocycles. The fourth-order valence-corrected chi connectivity index (χ4v) is 2.10. The van der Waals surface area contributed by atoms with Crippen molar-refractivity contribution in [3.8, 4) is 5.75 Å². The Morgan fingerprint density at radius 2 is 2.06 bits per heavy atom. The van der Waals surface area contributed by atoms with Crippen LogP contribution in [0, 0.1) is 10.1 Å². The highest BCUT2D eigenvalue weighted by Crippen LogP contribution is 2.29. The number of anilines is 1. The molecule has 18 heavy (non-hydrogen) atoms. The summed E-state index contributed by atoms with van der Waals surface area (Å²) < 4.78 is 5.08. The van der Waals surface area contributed by atoms with Gasteiger partial charge in [-0.2, -0.15) is 0 Å². The first kappa shape index (κ1) is 12.6. The third-order valence-electron chi connectivity index (χ3n) is 3.15. The molecular weight excluding hydrogens is 236 g/mol. The molecule has 0 aromatic heterocycles. The van der Waals surface area contributed by atoms with Gasteiger partial charge >= 0.3 is 0 Å². The minimum atomic E-state index is -0.426. The van der Waals surface area contributed by atoms with E-state index in [9.17, 15) is 15.2 Å². The van der Waals surface area contributed by atoms with E-state index < -0.39 is 4.92 Å². The van der Waals surface area contributed by atoms with Crippen LogP contribution in [-0.2, 0) is 0 Å². The Balaban J connectivity index is 2.26. The number of methoxy groups -OCH3 is 1. The van der Waals surface area contributed by atoms with Gasteiger partial charge in [-0.25, -0.2) is 0 Å². The summed E-state index contributed by atoms with van der Waals surface area (Å²) in [5.41, 5.74) is 0.795. The molecule has 1 aromatic rings. The Labute approximate surface area is 105 Å². The van der Waals surface area contributed by atoms with Crippen molar-refractivity contribution in [2.75, 3.05) is 25.1 Å². The number of hydrogen-bond donors (Lipinski definition) is 1. The summed E-state index contributed by atoms with van der Waals surface area (Å²) in [5.74, 6) is 0.477. The number of nitro benzene ring substituents is 1. The quantitative estimate of drug-likeness (QED) is 0.652. The molecule has 0 radical (unpaired) electrons. The van der Waals surface area contributed by atoms with Crippen LogP contribution in [0.2, 0.25) is 0 Å². The molecule has 0 atom stereocenters. The summed E-state index contributed by atoms with van der Waals surface area (Å²) in [5, 5.41) is 20.3. The van der Waals surface area contributed by atoms with Crippen molar-refractivity contribution >= 4 is 11.4 Å². The average Bonchev–Trinajstić information content (AvgIpc) is 2.39. The lowest BCUT2D eigenvalue weighted by Crippen LogP contribution is -2.35. The third-order valence-corrected chi connectivity index (χ3v) is 3.15. The van der Waals surface area contributed by atoms with E-state index in [2.05, 4.69) is 0 Å². The van der Waals surface area contributed by atoms with Crippen molar-refractivity contribution in [1.29, 1.82) is 0 Å². The molecule has 0 unspecified atom stereocenters. The van der Waals surface area contributed by atoms with E-state index in [-0.39, 0.29) is 11.8 Å². The molecule has 1 heterocycles. The number of rotatable bonds is 3. The summed E-state index contributed by atoms with van der Waals surface area (Å²) in [7, 11) is 1.49. The van der Waals surface area contributed by atoms with Gasteiger partial charge in [-0.15, -0.1) is 0 Å². The van der Waals surface area contributed by atoms with Gasteiger partial charge < -0.3 is 14.7 Å². The Morgan fingerprint density at radius 3 is 2.61 bits per heavy atom. The highest BCUT2D eigenvalue weighted by atomic mass is 16.6. The van der Waals surface area contributed by atoms with Crippen LogP contribution in [0.15, 0.2) is 18.2 Å². The minimum absolute atomic E-state index is 0.0236. The molecule has 1 fully saturated rings. The molecule has 0 saturated carbocycles. The van der Waals surface area contributed by atoms with E-state index in [0.29, 0.717) is 31.7 Å². The first-order valence-corrected chi connectivity index (χ1v) is 5.86. The maximum atomic E-state index is 10.8. The molecule has 0 aliphatic carbocycles. The molecule has 98 valence electrons. The smallest absolute Gasteiger partial charge is 0.275 e. The fraction of sp³-hybridized carbons (Fsp3) is 0.500. The van der Waals surface area contributed by atoms with Gasteiger partial charge in [0.05, 0.1) is 24.2 Å². The molecule has 1 N–H and O–H groups in total. The first-order chi connectivity index (χ1) is 8.60. The molecule has 6 nitrogen and oxygen atoms in total. The fourth-order valence-electron chi connectivity index (χ4n) is 2.10. The van der Waals surface area contributed by atoms with Gasteiger partial charge in [0.1, 0.15) is 5.75 Å². The number of nitro groups is 1. The van der Waals surface area contributed by atoms with E-state index in [0.717, 1.165) is 5.69 Å². The predicted octanol–water partition coefficient (Wildman–Crippen LogP) is 1.56. The molecule has 1 aliphatic rings. The van der Waals surface area contributed by atoms with Crippen LogP contribution in [0.4, 0.5) is 11.4 Å². The van der Waals surface area contributed by atoms with Crippen LogP contribution in [0.1, 0.15) is 12.8 Å². The van der Waals surface area contributed by atoms with Gasteiger partial charge in [-0.1, -0.05) is 0 Å². The van der Waals surface area contributed by atoms with Crippen LogP contribution >= 0.6 is 0 Å². The molecule has 0 bridgehead atoms. The molecule has 1 aromatic carbocycles. The second-order valence-corrected chi connectivity index (χ2v) is 4.36. The van der Waals surface area contributed by atoms with E-state index in [1.165, 1.54) is 13.2 Å². The standard InChI is InChI=1S/C12H16N2O4/c1-18-12-7-9(6-10(8-12)14(16)17)13-4-2-11(15)3-5-13/h6-8,11,15H,2-5H2,1H3. The van der Waals surface area contributed by atoms with Crippen molar-refractivity contribution in [2.45, 2.75) is 18.9 Å². The average molecular weight is 252 g/mol. The molecule has 2 rings (SSSR count). The second-order valence-electron chi connectivity index (χ2n) is 4.36. The summed E-state index contributed by atoms with van der Waals surface area (Å²) in [6.45, 7) is 1.40. The normalized spacial score (nSPS) is 16.7. The molecule has 1 saturated heterocycles. The Morgan fingerprint density at radius 1 is 1.39 bits per heavy atom. The lowest BCUT2D eigenvalue weighted by molar-refractivity contribution is -0.384. The molecular formula is C12H16N2O4. The molecule has 0 spiro atoms. The van der Waals surface area contributed by atoms with Gasteiger partial charge in [0.15, 0.2) is 0 Å². The van der Waals surface area contributed by atoms with Crippen molar-refractivity contribution in [3.05, 3.63) is 28.3 Å². The molecule has 0 amide bonds.